The number of hydrogen-bond acceptors (Lipinski definition) is 8. The van der Waals surface area contributed by atoms with E-state index < -0.39 is 27.4 Å². The number of nitrogens with one attached hydrogen (secondary N) is 1. The SMILES string of the molecule is C[C@@]1(O)CCN(Cc2cccc(-n3cnc(-c4nc(NC5CCN(S(C)(=O)=O)CC5)ncc4C(F)(F)F)c3)c2Cl)C1. The maximum atomic E-state index is 13.9. The van der Waals surface area contributed by atoms with Gasteiger partial charge in [-0.3, -0.25) is 4.90 Å². The highest BCUT2D eigenvalue weighted by atomic mass is 35.5. The molecule has 222 valence electrons. The number of aliphatic hydroxyl groups is 1. The number of alkyl halides is 3. The van der Waals surface area contributed by atoms with Gasteiger partial charge in [0.2, 0.25) is 16.0 Å². The van der Waals surface area contributed by atoms with Crippen LogP contribution in [0.2, 0.25) is 5.02 Å². The average molecular weight is 614 g/mol. The lowest BCUT2D eigenvalue weighted by molar-refractivity contribution is -0.137. The largest absolute Gasteiger partial charge is 0.420 e. The zero-order valence-electron chi connectivity index (χ0n) is 22.6. The first-order chi connectivity index (χ1) is 19.2. The molecule has 4 heterocycles. The minimum absolute atomic E-state index is 0.00174. The maximum absolute atomic E-state index is 13.9. The van der Waals surface area contributed by atoms with Gasteiger partial charge in [-0.1, -0.05) is 23.7 Å². The summed E-state index contributed by atoms with van der Waals surface area (Å²) in [5.41, 5.74) is -0.795. The van der Waals surface area contributed by atoms with Gasteiger partial charge >= 0.3 is 6.18 Å². The monoisotopic (exact) mass is 613 g/mol. The quantitative estimate of drug-likeness (QED) is 0.414. The lowest BCUT2D eigenvalue weighted by Crippen LogP contribution is -2.42. The van der Waals surface area contributed by atoms with E-state index >= 15 is 0 Å². The average Bonchev–Trinajstić information content (AvgIpc) is 3.51. The highest BCUT2D eigenvalue weighted by Gasteiger charge is 2.37. The molecule has 41 heavy (non-hydrogen) atoms. The Kier molecular flexibility index (Phi) is 8.07. The predicted octanol–water partition coefficient (Wildman–Crippen LogP) is 3.79. The molecule has 2 N–H and O–H groups in total. The number of halogens is 4. The number of imidazole rings is 1. The zero-order chi connectivity index (χ0) is 29.6. The van der Waals surface area contributed by atoms with Crippen molar-refractivity contribution in [1.82, 2.24) is 28.7 Å². The molecule has 15 heteroatoms. The number of aromatic nitrogens is 4. The van der Waals surface area contributed by atoms with Crippen LogP contribution in [-0.2, 0) is 22.7 Å². The van der Waals surface area contributed by atoms with Crippen LogP contribution in [0, 0.1) is 0 Å². The fourth-order valence-corrected chi connectivity index (χ4v) is 6.41. The van der Waals surface area contributed by atoms with Crippen LogP contribution in [-0.4, -0.2) is 86.3 Å². The van der Waals surface area contributed by atoms with Gasteiger partial charge in [-0.05, 0) is 37.8 Å². The number of nitrogens with zero attached hydrogens (tertiary/aromatic N) is 6. The smallest absolute Gasteiger partial charge is 0.389 e. The Morgan fingerprint density at radius 2 is 1.93 bits per heavy atom. The molecule has 0 radical (unpaired) electrons. The first-order valence-corrected chi connectivity index (χ1v) is 15.3. The minimum Gasteiger partial charge on any atom is -0.389 e. The molecule has 1 atom stereocenters. The molecule has 10 nitrogen and oxygen atoms in total. The molecule has 0 amide bonds. The number of anilines is 1. The Bertz CT molecular complexity index is 1520. The van der Waals surface area contributed by atoms with Crippen LogP contribution in [0.25, 0.3) is 17.1 Å². The fraction of sp³-hybridized carbons (Fsp3) is 0.500. The van der Waals surface area contributed by atoms with Crippen molar-refractivity contribution in [1.29, 1.82) is 0 Å². The molecule has 0 aliphatic carbocycles. The summed E-state index contributed by atoms with van der Waals surface area (Å²) in [6, 6.07) is 5.24. The van der Waals surface area contributed by atoms with Crippen molar-refractivity contribution >= 4 is 27.6 Å². The topological polar surface area (TPSA) is 116 Å². The van der Waals surface area contributed by atoms with Crippen molar-refractivity contribution in [2.45, 2.75) is 50.6 Å². The number of likely N-dealkylation sites (tertiary alicyclic amines) is 1. The van der Waals surface area contributed by atoms with E-state index in [1.807, 2.05) is 12.1 Å². The molecule has 2 saturated heterocycles. The van der Waals surface area contributed by atoms with Crippen LogP contribution in [0.5, 0.6) is 0 Å². The summed E-state index contributed by atoms with van der Waals surface area (Å²) in [4.78, 5) is 14.4. The Morgan fingerprint density at radius 3 is 2.56 bits per heavy atom. The summed E-state index contributed by atoms with van der Waals surface area (Å²) in [5, 5.41) is 13.8. The second-order valence-corrected chi connectivity index (χ2v) is 13.3. The van der Waals surface area contributed by atoms with Gasteiger partial charge in [0.15, 0.2) is 0 Å². The standard InChI is InChI=1S/C26H31ClF3N7O3S/c1-25(38)8-11-35(15-25)13-17-4-3-5-21(22(17)27)36-14-20(32-16-36)23-19(26(28,29)30)12-31-24(34-23)33-18-6-9-37(10-7-18)41(2,39)40/h3-5,12,14,16,18,38H,6-11,13,15H2,1-2H3,(H,31,33,34)/t25-/m1/s1. The Hall–Kier alpha value is -2.78. The summed E-state index contributed by atoms with van der Waals surface area (Å²) >= 11 is 6.73. The second-order valence-electron chi connectivity index (χ2n) is 10.9. The predicted molar refractivity (Wildman–Crippen MR) is 148 cm³/mol. The van der Waals surface area contributed by atoms with Gasteiger partial charge in [0.05, 0.1) is 22.6 Å². The van der Waals surface area contributed by atoms with Crippen molar-refractivity contribution in [2.75, 3.05) is 37.8 Å². The number of sulfonamides is 1. The molecule has 0 spiro atoms. The van der Waals surface area contributed by atoms with E-state index in [-0.39, 0.29) is 23.4 Å². The van der Waals surface area contributed by atoms with Gasteiger partial charge in [0.1, 0.15) is 23.3 Å². The summed E-state index contributed by atoms with van der Waals surface area (Å²) in [5.74, 6) is 0.00174. The summed E-state index contributed by atoms with van der Waals surface area (Å²) in [6.45, 7) is 4.15. The van der Waals surface area contributed by atoms with Crippen molar-refractivity contribution < 1.29 is 26.7 Å². The van der Waals surface area contributed by atoms with Gasteiger partial charge in [0.25, 0.3) is 0 Å². The second kappa shape index (κ2) is 11.1. The first-order valence-electron chi connectivity index (χ1n) is 13.1. The van der Waals surface area contributed by atoms with E-state index in [1.165, 1.54) is 16.8 Å². The number of β-amino-alcohol motifs (C(OH)–C–C–N with tert-alkyl or cyclic N) is 1. The van der Waals surface area contributed by atoms with Crippen LogP contribution in [0.4, 0.5) is 19.1 Å². The van der Waals surface area contributed by atoms with Gasteiger partial charge in [-0.2, -0.15) is 13.2 Å². The van der Waals surface area contributed by atoms with Gasteiger partial charge in [-0.15, -0.1) is 0 Å². The number of benzene rings is 1. The lowest BCUT2D eigenvalue weighted by atomic mass is 10.1. The van der Waals surface area contributed by atoms with Gasteiger partial charge in [0, 0.05) is 51.2 Å². The van der Waals surface area contributed by atoms with Crippen molar-refractivity contribution in [3.8, 4) is 17.1 Å². The minimum atomic E-state index is -4.72. The zero-order valence-corrected chi connectivity index (χ0v) is 24.1. The normalized spacial score (nSPS) is 21.4. The van der Waals surface area contributed by atoms with E-state index in [9.17, 15) is 26.7 Å². The maximum Gasteiger partial charge on any atom is 0.420 e. The highest BCUT2D eigenvalue weighted by molar-refractivity contribution is 7.88. The molecule has 1 aromatic carbocycles. The van der Waals surface area contributed by atoms with Crippen molar-refractivity contribution in [2.24, 2.45) is 0 Å². The lowest BCUT2D eigenvalue weighted by Gasteiger charge is -2.30. The third-order valence-electron chi connectivity index (χ3n) is 7.44. The van der Waals surface area contributed by atoms with E-state index in [4.69, 9.17) is 11.6 Å². The molecule has 3 aromatic rings. The van der Waals surface area contributed by atoms with Crippen LogP contribution in [0.3, 0.4) is 0 Å². The third-order valence-corrected chi connectivity index (χ3v) is 9.18. The van der Waals surface area contributed by atoms with Crippen molar-refractivity contribution in [3.63, 3.8) is 0 Å². The molecule has 2 aromatic heterocycles. The molecule has 2 aliphatic rings. The van der Waals surface area contributed by atoms with Crippen LogP contribution in [0.15, 0.2) is 36.9 Å². The molecule has 2 aliphatic heterocycles. The summed E-state index contributed by atoms with van der Waals surface area (Å²) in [7, 11) is -3.31. The first kappa shape index (κ1) is 29.7. The van der Waals surface area contributed by atoms with Crippen molar-refractivity contribution in [3.05, 3.63) is 53.1 Å². The third kappa shape index (κ3) is 6.83. The highest BCUT2D eigenvalue weighted by Crippen LogP contribution is 2.36. The molecule has 2 fully saturated rings. The Balaban J connectivity index is 1.39. The molecule has 0 unspecified atom stereocenters. The molecule has 0 bridgehead atoms. The van der Waals surface area contributed by atoms with Crippen LogP contribution >= 0.6 is 11.6 Å². The summed E-state index contributed by atoms with van der Waals surface area (Å²) < 4.78 is 68.3. The number of hydrogen-bond donors (Lipinski definition) is 2. The fourth-order valence-electron chi connectivity index (χ4n) is 5.25. The Morgan fingerprint density at radius 1 is 1.20 bits per heavy atom. The van der Waals surface area contributed by atoms with E-state index in [0.717, 1.165) is 24.6 Å². The van der Waals surface area contributed by atoms with Gasteiger partial charge < -0.3 is 15.0 Å². The van der Waals surface area contributed by atoms with E-state index in [0.29, 0.717) is 56.2 Å². The number of rotatable bonds is 7. The molecular formula is C26H31ClF3N7O3S. The van der Waals surface area contributed by atoms with Gasteiger partial charge in [-0.25, -0.2) is 27.7 Å². The number of piperidine rings is 1. The summed E-state index contributed by atoms with van der Waals surface area (Å²) in [6.07, 6.45) is 1.58. The molecule has 5 rings (SSSR count). The molecule has 0 saturated carbocycles. The Labute approximate surface area is 241 Å². The van der Waals surface area contributed by atoms with Crippen LogP contribution in [0.1, 0.15) is 37.3 Å². The molecular weight excluding hydrogens is 583 g/mol. The van der Waals surface area contributed by atoms with E-state index in [2.05, 4.69) is 25.2 Å². The van der Waals surface area contributed by atoms with Crippen LogP contribution < -0.4 is 5.32 Å². The van der Waals surface area contributed by atoms with E-state index in [1.54, 1.807) is 17.6 Å².